The molecule has 0 spiro atoms. The van der Waals surface area contributed by atoms with Gasteiger partial charge < -0.3 is 5.11 Å². The van der Waals surface area contributed by atoms with E-state index in [2.05, 4.69) is 25.1 Å². The third-order valence-electron chi connectivity index (χ3n) is 3.18. The van der Waals surface area contributed by atoms with Crippen molar-refractivity contribution in [1.82, 2.24) is 29.8 Å². The summed E-state index contributed by atoms with van der Waals surface area (Å²) in [6, 6.07) is 0. The smallest absolute Gasteiger partial charge is 0.311 e. The van der Waals surface area contributed by atoms with Gasteiger partial charge in [0.1, 0.15) is 4.88 Å². The largest absolute Gasteiger partial charge is 0.481 e. The maximum Gasteiger partial charge on any atom is 0.311 e. The predicted octanol–water partition coefficient (Wildman–Crippen LogP) is 1.00. The van der Waals surface area contributed by atoms with Gasteiger partial charge in [0.2, 0.25) is 0 Å². The van der Waals surface area contributed by atoms with E-state index in [0.29, 0.717) is 12.2 Å². The standard InChI is InChI=1S/C10H14N6O2S/c1-4-10(3,9(17)18)5-16-8(12-13-14-16)7-6(2)11-15-19-7/h4-5H2,1-3H3,(H,17,18). The van der Waals surface area contributed by atoms with Crippen LogP contribution in [-0.4, -0.2) is 40.9 Å². The zero-order chi connectivity index (χ0) is 14.0. The molecule has 0 fully saturated rings. The molecule has 2 rings (SSSR count). The zero-order valence-corrected chi connectivity index (χ0v) is 11.7. The van der Waals surface area contributed by atoms with Gasteiger partial charge in [-0.15, -0.1) is 10.2 Å². The van der Waals surface area contributed by atoms with E-state index in [0.717, 1.165) is 10.6 Å². The molecule has 0 aliphatic rings. The molecule has 0 saturated carbocycles. The molecule has 0 amide bonds. The third kappa shape index (κ3) is 2.46. The van der Waals surface area contributed by atoms with E-state index in [1.165, 1.54) is 16.2 Å². The van der Waals surface area contributed by atoms with E-state index in [9.17, 15) is 9.90 Å². The van der Waals surface area contributed by atoms with E-state index in [1.54, 1.807) is 6.92 Å². The SMILES string of the molecule is CCC(C)(Cn1nnnc1-c1snnc1C)C(=O)O. The van der Waals surface area contributed by atoms with Crippen molar-refractivity contribution in [2.24, 2.45) is 5.41 Å². The number of rotatable bonds is 5. The zero-order valence-electron chi connectivity index (χ0n) is 10.9. The molecule has 9 heteroatoms. The molecule has 0 aromatic carbocycles. The van der Waals surface area contributed by atoms with Crippen molar-refractivity contribution >= 4 is 17.5 Å². The Labute approximate surface area is 113 Å². The molecule has 2 aromatic heterocycles. The molecule has 2 heterocycles. The highest BCUT2D eigenvalue weighted by Gasteiger charge is 2.33. The van der Waals surface area contributed by atoms with Crippen molar-refractivity contribution < 1.29 is 9.90 Å². The van der Waals surface area contributed by atoms with Gasteiger partial charge in [0.25, 0.3) is 0 Å². The van der Waals surface area contributed by atoms with Crippen LogP contribution in [0.4, 0.5) is 0 Å². The fraction of sp³-hybridized carbons (Fsp3) is 0.600. The van der Waals surface area contributed by atoms with Gasteiger partial charge in [0.15, 0.2) is 5.82 Å². The lowest BCUT2D eigenvalue weighted by Gasteiger charge is -2.22. The highest BCUT2D eigenvalue weighted by Crippen LogP contribution is 2.28. The highest BCUT2D eigenvalue weighted by atomic mass is 32.1. The summed E-state index contributed by atoms with van der Waals surface area (Å²) < 4.78 is 5.34. The summed E-state index contributed by atoms with van der Waals surface area (Å²) in [7, 11) is 0. The number of aliphatic carboxylic acids is 1. The molecule has 2 aromatic rings. The van der Waals surface area contributed by atoms with E-state index in [4.69, 9.17) is 0 Å². The van der Waals surface area contributed by atoms with Crippen LogP contribution in [0.15, 0.2) is 0 Å². The molecule has 1 unspecified atom stereocenters. The quantitative estimate of drug-likeness (QED) is 0.871. The molecule has 102 valence electrons. The number of hydrogen-bond acceptors (Lipinski definition) is 7. The Kier molecular flexibility index (Phi) is 3.56. The first-order chi connectivity index (χ1) is 8.98. The first kappa shape index (κ1) is 13.5. The first-order valence-electron chi connectivity index (χ1n) is 5.77. The summed E-state index contributed by atoms with van der Waals surface area (Å²) in [5, 5.41) is 24.6. The van der Waals surface area contributed by atoms with Crippen molar-refractivity contribution in [3.05, 3.63) is 5.69 Å². The second kappa shape index (κ2) is 5.00. The predicted molar refractivity (Wildman–Crippen MR) is 67.5 cm³/mol. The lowest BCUT2D eigenvalue weighted by atomic mass is 9.88. The van der Waals surface area contributed by atoms with Gasteiger partial charge in [0, 0.05) is 0 Å². The summed E-state index contributed by atoms with van der Waals surface area (Å²) >= 11 is 1.19. The van der Waals surface area contributed by atoms with Crippen molar-refractivity contribution in [3.63, 3.8) is 0 Å². The lowest BCUT2D eigenvalue weighted by molar-refractivity contribution is -0.149. The summed E-state index contributed by atoms with van der Waals surface area (Å²) in [6.07, 6.45) is 0.488. The molecule has 0 bridgehead atoms. The van der Waals surface area contributed by atoms with Crippen molar-refractivity contribution in [1.29, 1.82) is 0 Å². The van der Waals surface area contributed by atoms with Gasteiger partial charge in [-0.3, -0.25) is 4.79 Å². The number of carbonyl (C=O) groups is 1. The molecule has 0 aliphatic carbocycles. The molecule has 0 aliphatic heterocycles. The Balaban J connectivity index is 2.36. The number of aryl methyl sites for hydroxylation is 1. The van der Waals surface area contributed by atoms with Crippen LogP contribution in [0.25, 0.3) is 10.7 Å². The minimum Gasteiger partial charge on any atom is -0.481 e. The number of hydrogen-bond donors (Lipinski definition) is 1. The molecule has 8 nitrogen and oxygen atoms in total. The Morgan fingerprint density at radius 3 is 2.74 bits per heavy atom. The number of carboxylic acids is 1. The average Bonchev–Trinajstić information content (AvgIpc) is 2.97. The average molecular weight is 282 g/mol. The minimum absolute atomic E-state index is 0.207. The van der Waals surface area contributed by atoms with Crippen LogP contribution >= 0.6 is 11.5 Å². The van der Waals surface area contributed by atoms with Gasteiger partial charge in [0.05, 0.1) is 17.7 Å². The summed E-state index contributed by atoms with van der Waals surface area (Å²) in [6.45, 7) is 5.53. The van der Waals surface area contributed by atoms with Gasteiger partial charge in [-0.05, 0) is 42.2 Å². The van der Waals surface area contributed by atoms with Crippen LogP contribution in [0.5, 0.6) is 0 Å². The highest BCUT2D eigenvalue weighted by molar-refractivity contribution is 7.09. The summed E-state index contributed by atoms with van der Waals surface area (Å²) in [5.74, 6) is -0.357. The molecule has 1 atom stereocenters. The molecular weight excluding hydrogens is 268 g/mol. The summed E-state index contributed by atoms with van der Waals surface area (Å²) in [4.78, 5) is 12.1. The lowest BCUT2D eigenvalue weighted by Crippen LogP contribution is -2.32. The van der Waals surface area contributed by atoms with E-state index in [-0.39, 0.29) is 6.54 Å². The number of tetrazole rings is 1. The monoisotopic (exact) mass is 282 g/mol. The van der Waals surface area contributed by atoms with E-state index < -0.39 is 11.4 Å². The Morgan fingerprint density at radius 2 is 2.21 bits per heavy atom. The Bertz CT molecular complexity index is 594. The maximum absolute atomic E-state index is 11.3. The van der Waals surface area contributed by atoms with Gasteiger partial charge in [-0.2, -0.15) is 0 Å². The second-order valence-electron chi connectivity index (χ2n) is 4.57. The normalized spacial score (nSPS) is 14.3. The molecule has 19 heavy (non-hydrogen) atoms. The van der Waals surface area contributed by atoms with E-state index in [1.807, 2.05) is 13.8 Å². The number of carboxylic acid groups (broad SMARTS) is 1. The van der Waals surface area contributed by atoms with Crippen LogP contribution in [0.2, 0.25) is 0 Å². The maximum atomic E-state index is 11.3. The second-order valence-corrected chi connectivity index (χ2v) is 5.32. The van der Waals surface area contributed by atoms with Gasteiger partial charge in [-0.1, -0.05) is 11.4 Å². The molecule has 1 N–H and O–H groups in total. The van der Waals surface area contributed by atoms with Crippen LogP contribution in [-0.2, 0) is 11.3 Å². The number of nitrogens with zero attached hydrogens (tertiary/aromatic N) is 6. The molecule has 0 radical (unpaired) electrons. The fourth-order valence-electron chi connectivity index (χ4n) is 1.57. The van der Waals surface area contributed by atoms with Crippen molar-refractivity contribution in [2.45, 2.75) is 33.7 Å². The topological polar surface area (TPSA) is 107 Å². The van der Waals surface area contributed by atoms with Gasteiger partial charge >= 0.3 is 5.97 Å². The van der Waals surface area contributed by atoms with Crippen LogP contribution in [0.3, 0.4) is 0 Å². The third-order valence-corrected chi connectivity index (χ3v) is 4.01. The van der Waals surface area contributed by atoms with Crippen LogP contribution < -0.4 is 0 Å². The molecular formula is C10H14N6O2S. The van der Waals surface area contributed by atoms with Crippen LogP contribution in [0, 0.1) is 12.3 Å². The van der Waals surface area contributed by atoms with Crippen LogP contribution in [0.1, 0.15) is 26.0 Å². The van der Waals surface area contributed by atoms with Crippen molar-refractivity contribution in [3.8, 4) is 10.7 Å². The Morgan fingerprint density at radius 1 is 1.47 bits per heavy atom. The number of aromatic nitrogens is 6. The van der Waals surface area contributed by atoms with Gasteiger partial charge in [-0.25, -0.2) is 4.68 Å². The summed E-state index contributed by atoms with van der Waals surface area (Å²) in [5.41, 5.74) is -0.176. The Hall–Kier alpha value is -1.90. The van der Waals surface area contributed by atoms with Crippen molar-refractivity contribution in [2.75, 3.05) is 0 Å². The van der Waals surface area contributed by atoms with E-state index >= 15 is 0 Å². The molecule has 0 saturated heterocycles. The minimum atomic E-state index is -0.907. The fourth-order valence-corrected chi connectivity index (χ4v) is 2.22. The first-order valence-corrected chi connectivity index (χ1v) is 6.54.